The summed E-state index contributed by atoms with van der Waals surface area (Å²) in [6.45, 7) is 1.57. The molecule has 0 bridgehead atoms. The smallest absolute Gasteiger partial charge is 0.125 e. The molecule has 0 spiro atoms. The molecule has 0 saturated heterocycles. The molecular formula is C16H17FO3. The highest BCUT2D eigenvalue weighted by Gasteiger charge is 2.13. The molecule has 2 N–H and O–H groups in total. The van der Waals surface area contributed by atoms with Crippen LogP contribution in [0.2, 0.25) is 0 Å². The lowest BCUT2D eigenvalue weighted by atomic mass is 10.1. The predicted molar refractivity (Wildman–Crippen MR) is 73.9 cm³/mol. The van der Waals surface area contributed by atoms with Gasteiger partial charge in [0, 0.05) is 5.56 Å². The summed E-state index contributed by atoms with van der Waals surface area (Å²) in [4.78, 5) is 0. The topological polar surface area (TPSA) is 49.7 Å². The van der Waals surface area contributed by atoms with Crippen molar-refractivity contribution >= 4 is 0 Å². The number of hydrogen-bond acceptors (Lipinski definition) is 3. The molecule has 0 amide bonds. The maximum atomic E-state index is 13.2. The third kappa shape index (κ3) is 3.56. The number of hydrogen-bond donors (Lipinski definition) is 2. The lowest BCUT2D eigenvalue weighted by Crippen LogP contribution is -2.11. The lowest BCUT2D eigenvalue weighted by molar-refractivity contribution is 0.104. The van der Waals surface area contributed by atoms with E-state index in [9.17, 15) is 14.6 Å². The van der Waals surface area contributed by atoms with Crippen molar-refractivity contribution in [1.29, 1.82) is 0 Å². The Hall–Kier alpha value is -1.91. The van der Waals surface area contributed by atoms with Gasteiger partial charge in [0.25, 0.3) is 0 Å². The summed E-state index contributed by atoms with van der Waals surface area (Å²) in [5.74, 6) is -0.0618. The Kier molecular flexibility index (Phi) is 4.71. The van der Waals surface area contributed by atoms with Crippen molar-refractivity contribution in [3.63, 3.8) is 0 Å². The van der Waals surface area contributed by atoms with Gasteiger partial charge in [-0.3, -0.25) is 0 Å². The van der Waals surface area contributed by atoms with Gasteiger partial charge in [-0.1, -0.05) is 30.3 Å². The summed E-state index contributed by atoms with van der Waals surface area (Å²) in [7, 11) is 0. The minimum absolute atomic E-state index is 0.0371. The summed E-state index contributed by atoms with van der Waals surface area (Å²) in [5.41, 5.74) is 1.11. The van der Waals surface area contributed by atoms with Crippen LogP contribution in [0.3, 0.4) is 0 Å². The van der Waals surface area contributed by atoms with Gasteiger partial charge in [-0.2, -0.15) is 0 Å². The fourth-order valence-corrected chi connectivity index (χ4v) is 1.92. The number of benzene rings is 2. The molecule has 2 rings (SSSR count). The van der Waals surface area contributed by atoms with Gasteiger partial charge >= 0.3 is 0 Å². The third-order valence-electron chi connectivity index (χ3n) is 3.00. The van der Waals surface area contributed by atoms with Crippen molar-refractivity contribution in [2.24, 2.45) is 0 Å². The lowest BCUT2D eigenvalue weighted by Gasteiger charge is -2.16. The van der Waals surface area contributed by atoms with Gasteiger partial charge in [0.05, 0.1) is 6.10 Å². The Labute approximate surface area is 117 Å². The van der Waals surface area contributed by atoms with Gasteiger partial charge in [-0.05, 0) is 30.7 Å². The highest BCUT2D eigenvalue weighted by molar-refractivity contribution is 5.35. The Morgan fingerprint density at radius 2 is 1.80 bits per heavy atom. The van der Waals surface area contributed by atoms with Gasteiger partial charge in [-0.15, -0.1) is 0 Å². The summed E-state index contributed by atoms with van der Waals surface area (Å²) in [6.07, 6.45) is -1.61. The minimum Gasteiger partial charge on any atom is -0.490 e. The highest BCUT2D eigenvalue weighted by atomic mass is 19.1. The molecule has 4 heteroatoms. The van der Waals surface area contributed by atoms with Crippen LogP contribution in [0.1, 0.15) is 30.3 Å². The first kappa shape index (κ1) is 14.5. The van der Waals surface area contributed by atoms with Crippen LogP contribution in [-0.4, -0.2) is 16.8 Å². The second kappa shape index (κ2) is 6.50. The molecule has 0 aliphatic carbocycles. The normalized spacial score (nSPS) is 13.8. The van der Waals surface area contributed by atoms with Crippen LogP contribution in [0.25, 0.3) is 0 Å². The van der Waals surface area contributed by atoms with E-state index in [2.05, 4.69) is 0 Å². The van der Waals surface area contributed by atoms with Gasteiger partial charge in [0.15, 0.2) is 0 Å². The molecule has 0 heterocycles. The molecule has 2 atom stereocenters. The average Bonchev–Trinajstić information content (AvgIpc) is 2.46. The molecule has 0 saturated carbocycles. The van der Waals surface area contributed by atoms with Gasteiger partial charge in [-0.25, -0.2) is 4.39 Å². The van der Waals surface area contributed by atoms with Crippen molar-refractivity contribution < 1.29 is 19.3 Å². The largest absolute Gasteiger partial charge is 0.490 e. The maximum absolute atomic E-state index is 13.2. The Morgan fingerprint density at radius 3 is 2.45 bits per heavy atom. The maximum Gasteiger partial charge on any atom is 0.125 e. The van der Waals surface area contributed by atoms with Gasteiger partial charge < -0.3 is 14.9 Å². The van der Waals surface area contributed by atoms with Crippen molar-refractivity contribution in [2.45, 2.75) is 19.1 Å². The van der Waals surface area contributed by atoms with Gasteiger partial charge in [0.2, 0.25) is 0 Å². The third-order valence-corrected chi connectivity index (χ3v) is 3.00. The summed E-state index contributed by atoms with van der Waals surface area (Å²) < 4.78 is 18.6. The summed E-state index contributed by atoms with van der Waals surface area (Å²) >= 11 is 0. The zero-order valence-electron chi connectivity index (χ0n) is 11.2. The second-order valence-electron chi connectivity index (χ2n) is 4.60. The zero-order valence-corrected chi connectivity index (χ0v) is 11.2. The van der Waals surface area contributed by atoms with Crippen LogP contribution >= 0.6 is 0 Å². The van der Waals surface area contributed by atoms with Gasteiger partial charge in [0.1, 0.15) is 24.3 Å². The SMILES string of the molecule is C[C@@H](O)c1cc(F)ccc1OCC(O)c1ccccc1. The first-order valence-electron chi connectivity index (χ1n) is 6.41. The Balaban J connectivity index is 2.08. The van der Waals surface area contributed by atoms with Crippen molar-refractivity contribution in [3.05, 3.63) is 65.5 Å². The molecule has 0 aliphatic heterocycles. The van der Waals surface area contributed by atoms with E-state index in [1.165, 1.54) is 25.1 Å². The summed E-state index contributed by atoms with van der Waals surface area (Å²) in [5, 5.41) is 19.6. The number of halogens is 1. The van der Waals surface area contributed by atoms with Crippen LogP contribution in [0.15, 0.2) is 48.5 Å². The van der Waals surface area contributed by atoms with Crippen molar-refractivity contribution in [1.82, 2.24) is 0 Å². The molecule has 2 aromatic rings. The van der Waals surface area contributed by atoms with Crippen LogP contribution in [0, 0.1) is 5.82 Å². The highest BCUT2D eigenvalue weighted by Crippen LogP contribution is 2.27. The van der Waals surface area contributed by atoms with Crippen LogP contribution in [-0.2, 0) is 0 Å². The standard InChI is InChI=1S/C16H17FO3/c1-11(18)14-9-13(17)7-8-16(14)20-10-15(19)12-5-3-2-4-6-12/h2-9,11,15,18-19H,10H2,1H3/t11-,15?/m1/s1. The van der Waals surface area contributed by atoms with E-state index < -0.39 is 18.0 Å². The molecule has 0 aromatic heterocycles. The van der Waals surface area contributed by atoms with E-state index in [1.807, 2.05) is 18.2 Å². The molecule has 1 unspecified atom stereocenters. The summed E-state index contributed by atoms with van der Waals surface area (Å²) in [6, 6.07) is 13.1. The Morgan fingerprint density at radius 1 is 1.10 bits per heavy atom. The first-order valence-corrected chi connectivity index (χ1v) is 6.41. The fourth-order valence-electron chi connectivity index (χ4n) is 1.92. The molecule has 0 radical (unpaired) electrons. The minimum atomic E-state index is -0.838. The van der Waals surface area contributed by atoms with Crippen molar-refractivity contribution in [2.75, 3.05) is 6.61 Å². The monoisotopic (exact) mass is 276 g/mol. The Bertz CT molecular complexity index is 555. The van der Waals surface area contributed by atoms with Crippen LogP contribution < -0.4 is 4.74 Å². The predicted octanol–water partition coefficient (Wildman–Crippen LogP) is 2.99. The molecule has 3 nitrogen and oxygen atoms in total. The molecular weight excluding hydrogens is 259 g/mol. The molecule has 0 fully saturated rings. The van der Waals surface area contributed by atoms with E-state index in [0.29, 0.717) is 11.3 Å². The second-order valence-corrected chi connectivity index (χ2v) is 4.60. The van der Waals surface area contributed by atoms with Crippen molar-refractivity contribution in [3.8, 4) is 5.75 Å². The molecule has 20 heavy (non-hydrogen) atoms. The zero-order chi connectivity index (χ0) is 14.5. The first-order chi connectivity index (χ1) is 9.58. The average molecular weight is 276 g/mol. The number of ether oxygens (including phenoxy) is 1. The fraction of sp³-hybridized carbons (Fsp3) is 0.250. The molecule has 2 aromatic carbocycles. The van der Waals surface area contributed by atoms with Crippen LogP contribution in [0.5, 0.6) is 5.75 Å². The number of aliphatic hydroxyl groups is 2. The van der Waals surface area contributed by atoms with E-state index in [4.69, 9.17) is 4.74 Å². The van der Waals surface area contributed by atoms with E-state index in [-0.39, 0.29) is 6.61 Å². The van der Waals surface area contributed by atoms with E-state index in [1.54, 1.807) is 12.1 Å². The molecule has 106 valence electrons. The van der Waals surface area contributed by atoms with E-state index >= 15 is 0 Å². The number of aliphatic hydroxyl groups excluding tert-OH is 2. The quantitative estimate of drug-likeness (QED) is 0.882. The molecule has 0 aliphatic rings. The van der Waals surface area contributed by atoms with E-state index in [0.717, 1.165) is 5.56 Å². The van der Waals surface area contributed by atoms with Crippen LogP contribution in [0.4, 0.5) is 4.39 Å². The number of rotatable bonds is 5.